The molecule has 0 spiro atoms. The monoisotopic (exact) mass is 606 g/mol. The van der Waals surface area contributed by atoms with Crippen molar-refractivity contribution in [3.63, 3.8) is 0 Å². The molecule has 4 heteroatoms. The second-order valence-corrected chi connectivity index (χ2v) is 12.6. The largest absolute Gasteiger partial charge is 0.309 e. The number of fused-ring (bicyclic) bond motifs is 6. The van der Waals surface area contributed by atoms with Gasteiger partial charge in [-0.2, -0.15) is 0 Å². The van der Waals surface area contributed by atoms with Gasteiger partial charge < -0.3 is 4.57 Å². The first-order valence-corrected chi connectivity index (χ1v) is 16.0. The molecule has 2 aromatic heterocycles. The van der Waals surface area contributed by atoms with Crippen LogP contribution in [0.15, 0.2) is 146 Å². The second kappa shape index (κ2) is 11.2. The minimum absolute atomic E-state index is 0.0674. The van der Waals surface area contributed by atoms with Gasteiger partial charge in [-0.25, -0.2) is 15.0 Å². The average molecular weight is 607 g/mol. The number of nitrogens with zero attached hydrogens (tertiary/aromatic N) is 4. The lowest BCUT2D eigenvalue weighted by Gasteiger charge is -2.21. The van der Waals surface area contributed by atoms with E-state index >= 15 is 0 Å². The summed E-state index contributed by atoms with van der Waals surface area (Å²) in [7, 11) is 0. The van der Waals surface area contributed by atoms with E-state index in [1.54, 1.807) is 0 Å². The van der Waals surface area contributed by atoms with E-state index in [1.807, 2.05) is 61.6 Å². The predicted molar refractivity (Wildman–Crippen MR) is 196 cm³/mol. The van der Waals surface area contributed by atoms with E-state index in [9.17, 15) is 0 Å². The molecule has 5 aromatic carbocycles. The SMILES string of the molecule is C=C(/C=C\C=C/C)c1nc(-c2ccccc2)nc(-c2cccc(-n3c4ccccc4c4cc5c(cc43)-c3ccccc3C5(C)C)c2)n1. The summed E-state index contributed by atoms with van der Waals surface area (Å²) in [5, 5.41) is 2.49. The summed E-state index contributed by atoms with van der Waals surface area (Å²) in [6.07, 6.45) is 7.83. The third kappa shape index (κ3) is 4.72. The van der Waals surface area contributed by atoms with Crippen LogP contribution in [0.5, 0.6) is 0 Å². The number of allylic oxidation sites excluding steroid dienone is 5. The maximum absolute atomic E-state index is 4.98. The minimum Gasteiger partial charge on any atom is -0.309 e. The quantitative estimate of drug-likeness (QED) is 0.177. The molecule has 0 bridgehead atoms. The predicted octanol–water partition coefficient (Wildman–Crippen LogP) is 10.8. The summed E-state index contributed by atoms with van der Waals surface area (Å²) in [4.78, 5) is 14.7. The number of hydrogen-bond donors (Lipinski definition) is 0. The summed E-state index contributed by atoms with van der Waals surface area (Å²) in [5.74, 6) is 1.77. The maximum Gasteiger partial charge on any atom is 0.164 e. The maximum atomic E-state index is 4.98. The van der Waals surface area contributed by atoms with Crippen LogP contribution in [-0.2, 0) is 5.41 Å². The summed E-state index contributed by atoms with van der Waals surface area (Å²) < 4.78 is 2.38. The Balaban J connectivity index is 1.33. The van der Waals surface area contributed by atoms with Crippen molar-refractivity contribution in [2.45, 2.75) is 26.2 Å². The van der Waals surface area contributed by atoms with E-state index in [0.717, 1.165) is 22.4 Å². The molecule has 0 unspecified atom stereocenters. The van der Waals surface area contributed by atoms with Gasteiger partial charge in [0.25, 0.3) is 0 Å². The molecule has 47 heavy (non-hydrogen) atoms. The van der Waals surface area contributed by atoms with Gasteiger partial charge in [-0.1, -0.05) is 130 Å². The van der Waals surface area contributed by atoms with Crippen LogP contribution < -0.4 is 0 Å². The van der Waals surface area contributed by atoms with Crippen LogP contribution >= 0.6 is 0 Å². The normalized spacial score (nSPS) is 13.5. The van der Waals surface area contributed by atoms with Gasteiger partial charge in [-0.05, 0) is 59.5 Å². The van der Waals surface area contributed by atoms with Crippen molar-refractivity contribution in [3.8, 4) is 39.6 Å². The van der Waals surface area contributed by atoms with Crippen LogP contribution in [0.25, 0.3) is 67.0 Å². The summed E-state index contributed by atoms with van der Waals surface area (Å²) in [5.41, 5.74) is 11.3. The van der Waals surface area contributed by atoms with Gasteiger partial charge in [0.2, 0.25) is 0 Å². The minimum atomic E-state index is -0.0674. The Bertz CT molecular complexity index is 2410. The van der Waals surface area contributed by atoms with Gasteiger partial charge in [0.05, 0.1) is 11.0 Å². The second-order valence-electron chi connectivity index (χ2n) is 12.6. The number of benzene rings is 5. The molecular weight excluding hydrogens is 573 g/mol. The van der Waals surface area contributed by atoms with Gasteiger partial charge in [0.1, 0.15) is 0 Å². The highest BCUT2D eigenvalue weighted by Gasteiger charge is 2.36. The van der Waals surface area contributed by atoms with E-state index in [4.69, 9.17) is 15.0 Å². The molecule has 0 atom stereocenters. The molecule has 0 fully saturated rings. The van der Waals surface area contributed by atoms with Crippen molar-refractivity contribution in [2.24, 2.45) is 0 Å². The van der Waals surface area contributed by atoms with Gasteiger partial charge in [0.15, 0.2) is 17.5 Å². The Hall–Kier alpha value is -5.87. The standard InChI is InChI=1S/C43H34N4/c1-5-6-8-16-28(2)40-44-41(29-17-9-7-10-18-29)46-42(45-40)30-19-15-20-31(25-30)47-38-24-14-12-22-33(38)35-26-37-34(27-39(35)47)32-21-11-13-23-36(32)43(37,3)4/h5-27H,2H2,1,3-4H3/b6-5-,16-8-. The van der Waals surface area contributed by atoms with Crippen LogP contribution in [-0.4, -0.2) is 19.5 Å². The smallest absolute Gasteiger partial charge is 0.164 e. The third-order valence-corrected chi connectivity index (χ3v) is 9.29. The summed E-state index contributed by atoms with van der Waals surface area (Å²) >= 11 is 0. The molecule has 0 radical (unpaired) electrons. The Kier molecular flexibility index (Phi) is 6.80. The zero-order valence-electron chi connectivity index (χ0n) is 26.8. The first kappa shape index (κ1) is 28.6. The van der Waals surface area contributed by atoms with Crippen molar-refractivity contribution < 1.29 is 0 Å². The van der Waals surface area contributed by atoms with E-state index in [2.05, 4.69) is 110 Å². The molecule has 7 aromatic rings. The number of rotatable bonds is 6. The fraction of sp³-hybridized carbons (Fsp3) is 0.0930. The van der Waals surface area contributed by atoms with Crippen LogP contribution in [0, 0.1) is 0 Å². The van der Waals surface area contributed by atoms with Crippen molar-refractivity contribution in [1.82, 2.24) is 19.5 Å². The zero-order valence-corrected chi connectivity index (χ0v) is 26.8. The Morgan fingerprint density at radius 2 is 1.36 bits per heavy atom. The molecule has 0 N–H and O–H groups in total. The zero-order chi connectivity index (χ0) is 32.1. The van der Waals surface area contributed by atoms with Crippen molar-refractivity contribution in [3.05, 3.63) is 163 Å². The summed E-state index contributed by atoms with van der Waals surface area (Å²) in [6, 6.07) is 40.9. The molecule has 0 aliphatic heterocycles. The Morgan fingerprint density at radius 3 is 2.19 bits per heavy atom. The lowest BCUT2D eigenvalue weighted by Crippen LogP contribution is -2.14. The third-order valence-electron chi connectivity index (χ3n) is 9.29. The van der Waals surface area contributed by atoms with Gasteiger partial charge >= 0.3 is 0 Å². The number of aromatic nitrogens is 4. The van der Waals surface area contributed by atoms with E-state index in [0.29, 0.717) is 17.5 Å². The average Bonchev–Trinajstić information content (AvgIpc) is 3.56. The fourth-order valence-corrected chi connectivity index (χ4v) is 6.95. The first-order valence-electron chi connectivity index (χ1n) is 16.0. The molecule has 8 rings (SSSR count). The highest BCUT2D eigenvalue weighted by Crippen LogP contribution is 2.51. The first-order chi connectivity index (χ1) is 22.9. The van der Waals surface area contributed by atoms with Crippen LogP contribution in [0.1, 0.15) is 37.7 Å². The molecule has 1 aliphatic carbocycles. The lowest BCUT2D eigenvalue weighted by molar-refractivity contribution is 0.661. The molecule has 2 heterocycles. The molecule has 0 saturated heterocycles. The van der Waals surface area contributed by atoms with Crippen LogP contribution in [0.3, 0.4) is 0 Å². The van der Waals surface area contributed by atoms with Crippen molar-refractivity contribution in [1.29, 1.82) is 0 Å². The highest BCUT2D eigenvalue weighted by atomic mass is 15.0. The number of para-hydroxylation sites is 1. The Labute approximate surface area is 275 Å². The van der Waals surface area contributed by atoms with E-state index < -0.39 is 0 Å². The van der Waals surface area contributed by atoms with Crippen molar-refractivity contribution in [2.75, 3.05) is 0 Å². The fourth-order valence-electron chi connectivity index (χ4n) is 6.95. The topological polar surface area (TPSA) is 43.6 Å². The van der Waals surface area contributed by atoms with Crippen LogP contribution in [0.2, 0.25) is 0 Å². The van der Waals surface area contributed by atoms with Gasteiger partial charge in [0, 0.05) is 38.6 Å². The molecule has 0 amide bonds. The summed E-state index contributed by atoms with van der Waals surface area (Å²) in [6.45, 7) is 10.9. The lowest BCUT2D eigenvalue weighted by atomic mass is 9.82. The molecule has 1 aliphatic rings. The van der Waals surface area contributed by atoms with Crippen LogP contribution in [0.4, 0.5) is 0 Å². The van der Waals surface area contributed by atoms with Crippen molar-refractivity contribution >= 4 is 27.4 Å². The van der Waals surface area contributed by atoms with Gasteiger partial charge in [-0.3, -0.25) is 0 Å². The van der Waals surface area contributed by atoms with Gasteiger partial charge in [-0.15, -0.1) is 0 Å². The molecule has 0 saturated carbocycles. The number of hydrogen-bond acceptors (Lipinski definition) is 3. The van der Waals surface area contributed by atoms with E-state index in [1.165, 1.54) is 44.1 Å². The van der Waals surface area contributed by atoms with E-state index in [-0.39, 0.29) is 5.41 Å². The molecular formula is C43H34N4. The Morgan fingerprint density at radius 1 is 0.638 bits per heavy atom. The molecule has 4 nitrogen and oxygen atoms in total. The molecule has 226 valence electrons. The highest BCUT2D eigenvalue weighted by molar-refractivity contribution is 6.11.